The number of hydrogen-bond donors (Lipinski definition) is 1. The number of carbonyl (C=O) groups excluding carboxylic acids is 1. The second kappa shape index (κ2) is 10.1. The number of nitrogens with two attached hydrogens (primary N) is 1. The Morgan fingerprint density at radius 3 is 2.94 bits per heavy atom. The lowest BCUT2D eigenvalue weighted by atomic mass is 9.90. The fraction of sp³-hybridized carbons (Fsp3) is 0.609. The third-order valence-electron chi connectivity index (χ3n) is 6.26. The molecule has 1 saturated carbocycles. The van der Waals surface area contributed by atoms with Crippen molar-refractivity contribution in [3.8, 4) is 5.75 Å². The maximum atomic E-state index is 12.9. The van der Waals surface area contributed by atoms with Gasteiger partial charge in [-0.15, -0.1) is 10.2 Å². The zero-order valence-electron chi connectivity index (χ0n) is 19.1. The van der Waals surface area contributed by atoms with Gasteiger partial charge in [-0.1, -0.05) is 50.6 Å². The minimum absolute atomic E-state index is 0.109. The molecule has 0 spiro atoms. The number of rotatable bonds is 7. The monoisotopic (exact) mass is 459 g/mol. The van der Waals surface area contributed by atoms with Crippen molar-refractivity contribution < 1.29 is 14.3 Å². The summed E-state index contributed by atoms with van der Waals surface area (Å²) in [5.74, 6) is 8.31. The first-order valence-electron chi connectivity index (χ1n) is 11.4. The third kappa shape index (κ3) is 5.04. The highest BCUT2D eigenvalue weighted by Gasteiger charge is 2.36. The van der Waals surface area contributed by atoms with Crippen LogP contribution >= 0.6 is 11.8 Å². The van der Waals surface area contributed by atoms with Crippen molar-refractivity contribution in [2.75, 3.05) is 24.7 Å². The van der Waals surface area contributed by atoms with Crippen molar-refractivity contribution in [2.24, 2.45) is 0 Å². The summed E-state index contributed by atoms with van der Waals surface area (Å²) < 4.78 is 13.3. The fourth-order valence-corrected chi connectivity index (χ4v) is 5.27. The Morgan fingerprint density at radius 2 is 2.12 bits per heavy atom. The lowest BCUT2D eigenvalue weighted by Gasteiger charge is -2.43. The Bertz CT molecular complexity index is 946. The summed E-state index contributed by atoms with van der Waals surface area (Å²) in [6, 6.07) is 6.41. The van der Waals surface area contributed by atoms with Crippen LogP contribution in [0.5, 0.6) is 5.75 Å². The van der Waals surface area contributed by atoms with E-state index in [1.165, 1.54) is 22.9 Å². The molecule has 8 nitrogen and oxygen atoms in total. The summed E-state index contributed by atoms with van der Waals surface area (Å²) in [4.78, 5) is 14.9. The molecule has 2 fully saturated rings. The lowest BCUT2D eigenvalue weighted by molar-refractivity contribution is -0.146. The second-order valence-electron chi connectivity index (χ2n) is 8.89. The van der Waals surface area contributed by atoms with E-state index in [0.717, 1.165) is 36.1 Å². The van der Waals surface area contributed by atoms with Crippen LogP contribution in [0.4, 0.5) is 0 Å². The van der Waals surface area contributed by atoms with E-state index in [4.69, 9.17) is 15.3 Å². The van der Waals surface area contributed by atoms with Gasteiger partial charge in [0, 0.05) is 6.54 Å². The van der Waals surface area contributed by atoms with Gasteiger partial charge in [-0.05, 0) is 42.9 Å². The van der Waals surface area contributed by atoms with E-state index in [-0.39, 0.29) is 30.4 Å². The number of aryl methyl sites for hydroxylation is 1. The lowest BCUT2D eigenvalue weighted by Crippen LogP contribution is -2.55. The van der Waals surface area contributed by atoms with Gasteiger partial charge in [0.25, 0.3) is 0 Å². The van der Waals surface area contributed by atoms with Crippen molar-refractivity contribution in [1.82, 2.24) is 19.8 Å². The molecule has 32 heavy (non-hydrogen) atoms. The standard InChI is InChI=1S/C23H33N5O3S/c1-15(2)17-9-8-16(3)12-20(17)31-13-21-25-26-23(28(21)24)32-14-22(29)27-10-11-30-19-7-5-4-6-18(19)27/h8-9,12,15,18-19H,4-7,10-11,13-14,24H2,1-3H3. The molecular weight excluding hydrogens is 426 g/mol. The first kappa shape index (κ1) is 22.9. The zero-order valence-corrected chi connectivity index (χ0v) is 19.9. The minimum Gasteiger partial charge on any atom is -0.485 e. The number of fused-ring (bicyclic) bond motifs is 1. The summed E-state index contributed by atoms with van der Waals surface area (Å²) in [5.41, 5.74) is 2.28. The van der Waals surface area contributed by atoms with E-state index in [1.807, 2.05) is 17.9 Å². The number of aromatic nitrogens is 3. The molecule has 2 heterocycles. The predicted octanol–water partition coefficient (Wildman–Crippen LogP) is 3.26. The minimum atomic E-state index is 0.109. The molecule has 1 aliphatic heterocycles. The van der Waals surface area contributed by atoms with Gasteiger partial charge < -0.3 is 20.2 Å². The van der Waals surface area contributed by atoms with Crippen LogP contribution in [0.3, 0.4) is 0 Å². The molecule has 174 valence electrons. The molecule has 2 N–H and O–H groups in total. The molecule has 1 saturated heterocycles. The van der Waals surface area contributed by atoms with Crippen LogP contribution in [-0.2, 0) is 16.1 Å². The molecule has 2 aliphatic rings. The molecule has 2 atom stereocenters. The third-order valence-corrected chi connectivity index (χ3v) is 7.19. The molecule has 0 bridgehead atoms. The van der Waals surface area contributed by atoms with Crippen molar-refractivity contribution in [3.63, 3.8) is 0 Å². The Hall–Kier alpha value is -2.26. The SMILES string of the molecule is Cc1ccc(C(C)C)c(OCc2nnc(SCC(=O)N3CCOC4CCCCC43)n2N)c1. The number of nitrogens with zero attached hydrogens (tertiary/aromatic N) is 4. The number of morpholine rings is 1. The molecule has 1 amide bonds. The van der Waals surface area contributed by atoms with Gasteiger partial charge in [-0.25, -0.2) is 4.68 Å². The first-order chi connectivity index (χ1) is 15.4. The molecule has 1 aromatic carbocycles. The van der Waals surface area contributed by atoms with Crippen LogP contribution in [0.1, 0.15) is 62.4 Å². The van der Waals surface area contributed by atoms with Crippen LogP contribution in [-0.4, -0.2) is 56.7 Å². The Morgan fingerprint density at radius 1 is 1.31 bits per heavy atom. The van der Waals surface area contributed by atoms with Crippen molar-refractivity contribution in [1.29, 1.82) is 0 Å². The smallest absolute Gasteiger partial charge is 0.233 e. The Labute approximate surface area is 193 Å². The topological polar surface area (TPSA) is 95.5 Å². The van der Waals surface area contributed by atoms with Gasteiger partial charge in [0.15, 0.2) is 5.82 Å². The highest BCUT2D eigenvalue weighted by atomic mass is 32.2. The molecule has 2 unspecified atom stereocenters. The van der Waals surface area contributed by atoms with E-state index < -0.39 is 0 Å². The number of benzene rings is 1. The number of hydrogen-bond acceptors (Lipinski definition) is 7. The largest absolute Gasteiger partial charge is 0.485 e. The normalized spacial score (nSPS) is 20.9. The highest BCUT2D eigenvalue weighted by molar-refractivity contribution is 7.99. The number of thioether (sulfide) groups is 1. The van der Waals surface area contributed by atoms with Crippen LogP contribution < -0.4 is 10.6 Å². The average Bonchev–Trinajstić information content (AvgIpc) is 3.14. The van der Waals surface area contributed by atoms with Crippen LogP contribution in [0, 0.1) is 6.92 Å². The predicted molar refractivity (Wildman–Crippen MR) is 124 cm³/mol. The summed E-state index contributed by atoms with van der Waals surface area (Å²) in [7, 11) is 0. The Kier molecular flexibility index (Phi) is 7.25. The summed E-state index contributed by atoms with van der Waals surface area (Å²) in [6.07, 6.45) is 4.58. The van der Waals surface area contributed by atoms with Gasteiger partial charge in [0.2, 0.25) is 11.1 Å². The fourth-order valence-electron chi connectivity index (χ4n) is 4.51. The van der Waals surface area contributed by atoms with Crippen LogP contribution in [0.25, 0.3) is 0 Å². The van der Waals surface area contributed by atoms with E-state index in [9.17, 15) is 4.79 Å². The number of ether oxygens (including phenoxy) is 2. The van der Waals surface area contributed by atoms with E-state index in [1.54, 1.807) is 0 Å². The van der Waals surface area contributed by atoms with Gasteiger partial charge in [0.05, 0.1) is 24.5 Å². The first-order valence-corrected chi connectivity index (χ1v) is 12.4. The number of carbonyl (C=O) groups is 1. The molecule has 4 rings (SSSR count). The van der Waals surface area contributed by atoms with Crippen molar-refractivity contribution >= 4 is 17.7 Å². The number of nitrogen functional groups attached to an aromatic ring is 1. The van der Waals surface area contributed by atoms with Crippen molar-refractivity contribution in [2.45, 2.75) is 76.3 Å². The second-order valence-corrected chi connectivity index (χ2v) is 9.83. The highest BCUT2D eigenvalue weighted by Crippen LogP contribution is 2.30. The van der Waals surface area contributed by atoms with E-state index in [2.05, 4.69) is 36.2 Å². The van der Waals surface area contributed by atoms with E-state index >= 15 is 0 Å². The van der Waals surface area contributed by atoms with E-state index in [0.29, 0.717) is 30.1 Å². The molecule has 9 heteroatoms. The Balaban J connectivity index is 1.35. The average molecular weight is 460 g/mol. The van der Waals surface area contributed by atoms with Gasteiger partial charge in [-0.2, -0.15) is 0 Å². The van der Waals surface area contributed by atoms with Gasteiger partial charge in [0.1, 0.15) is 12.4 Å². The molecule has 1 aliphatic carbocycles. The summed E-state index contributed by atoms with van der Waals surface area (Å²) in [6.45, 7) is 7.80. The van der Waals surface area contributed by atoms with Crippen LogP contribution in [0.2, 0.25) is 0 Å². The summed E-state index contributed by atoms with van der Waals surface area (Å²) in [5, 5.41) is 8.87. The van der Waals surface area contributed by atoms with Gasteiger partial charge in [-0.3, -0.25) is 4.79 Å². The van der Waals surface area contributed by atoms with Crippen molar-refractivity contribution in [3.05, 3.63) is 35.2 Å². The summed E-state index contributed by atoms with van der Waals surface area (Å²) >= 11 is 1.32. The van der Waals surface area contributed by atoms with Crippen LogP contribution in [0.15, 0.2) is 23.4 Å². The zero-order chi connectivity index (χ0) is 22.7. The maximum Gasteiger partial charge on any atom is 0.233 e. The number of amides is 1. The quantitative estimate of drug-likeness (QED) is 0.501. The maximum absolute atomic E-state index is 12.9. The van der Waals surface area contributed by atoms with Gasteiger partial charge >= 0.3 is 0 Å². The molecule has 0 radical (unpaired) electrons. The molecule has 2 aromatic rings. The molecule has 1 aromatic heterocycles. The molecular formula is C23H33N5O3S.